The Morgan fingerprint density at radius 3 is 2.88 bits per heavy atom. The first-order valence-electron chi connectivity index (χ1n) is 7.53. The second-order valence-electron chi connectivity index (χ2n) is 5.49. The normalized spacial score (nSPS) is 11.2. The van der Waals surface area contributed by atoms with Gasteiger partial charge in [0.2, 0.25) is 5.89 Å². The molecule has 0 unspecified atom stereocenters. The summed E-state index contributed by atoms with van der Waals surface area (Å²) in [7, 11) is 0. The average Bonchev–Trinajstić information content (AvgIpc) is 3.19. The Hall–Kier alpha value is -2.84. The van der Waals surface area contributed by atoms with Gasteiger partial charge in [0.05, 0.1) is 10.6 Å². The van der Waals surface area contributed by atoms with Gasteiger partial charge in [-0.15, -0.1) is 5.10 Å². The lowest BCUT2D eigenvalue weighted by molar-refractivity contribution is 0.302. The van der Waals surface area contributed by atoms with Crippen molar-refractivity contribution in [3.8, 4) is 17.2 Å². The third-order valence-electron chi connectivity index (χ3n) is 3.70. The Kier molecular flexibility index (Phi) is 4.14. The van der Waals surface area contributed by atoms with Gasteiger partial charge in [0.1, 0.15) is 23.9 Å². The Balaban J connectivity index is 1.61. The second-order valence-corrected chi connectivity index (χ2v) is 6.33. The van der Waals surface area contributed by atoms with Crippen LogP contribution >= 0.6 is 23.2 Å². The summed E-state index contributed by atoms with van der Waals surface area (Å²) in [4.78, 5) is 8.55. The molecule has 0 fully saturated rings. The fraction of sp³-hybridized carbons (Fsp3) is 0.125. The summed E-state index contributed by atoms with van der Waals surface area (Å²) in [5.74, 6) is 1.76. The maximum atomic E-state index is 6.21. The van der Waals surface area contributed by atoms with E-state index in [1.165, 1.54) is 0 Å². The first-order valence-corrected chi connectivity index (χ1v) is 8.28. The van der Waals surface area contributed by atoms with E-state index in [4.69, 9.17) is 38.1 Å². The highest BCUT2D eigenvalue weighted by molar-refractivity contribution is 6.36. The lowest BCUT2D eigenvalue weighted by atomic mass is 10.2. The van der Waals surface area contributed by atoms with E-state index < -0.39 is 0 Å². The number of nitrogens with one attached hydrogen (secondary N) is 1. The van der Waals surface area contributed by atoms with Gasteiger partial charge in [0.25, 0.3) is 0 Å². The fourth-order valence-electron chi connectivity index (χ4n) is 2.43. The Labute approximate surface area is 157 Å². The van der Waals surface area contributed by atoms with E-state index >= 15 is 0 Å². The molecule has 0 spiro atoms. The van der Waals surface area contributed by atoms with Crippen LogP contribution in [0, 0.1) is 6.92 Å². The van der Waals surface area contributed by atoms with Gasteiger partial charge in [-0.1, -0.05) is 28.4 Å². The largest absolute Gasteiger partial charge is 0.485 e. The molecule has 8 nitrogen and oxygen atoms in total. The van der Waals surface area contributed by atoms with Gasteiger partial charge in [-0.25, -0.2) is 15.1 Å². The van der Waals surface area contributed by atoms with Crippen LogP contribution in [-0.2, 0) is 6.61 Å². The van der Waals surface area contributed by atoms with Crippen LogP contribution in [0.2, 0.25) is 10.0 Å². The Morgan fingerprint density at radius 1 is 1.23 bits per heavy atom. The summed E-state index contributed by atoms with van der Waals surface area (Å²) >= 11 is 12.1. The van der Waals surface area contributed by atoms with Crippen molar-refractivity contribution in [3.05, 3.63) is 45.8 Å². The van der Waals surface area contributed by atoms with E-state index in [1.54, 1.807) is 31.2 Å². The van der Waals surface area contributed by atoms with Gasteiger partial charge in [0.15, 0.2) is 16.9 Å². The number of anilines is 1. The lowest BCUT2D eigenvalue weighted by Gasteiger charge is -2.05. The number of aryl methyl sites for hydroxylation is 1. The molecule has 0 bridgehead atoms. The van der Waals surface area contributed by atoms with E-state index in [2.05, 4.69) is 25.4 Å². The molecule has 26 heavy (non-hydrogen) atoms. The van der Waals surface area contributed by atoms with E-state index in [-0.39, 0.29) is 6.61 Å². The number of H-pyrrole nitrogens is 1. The smallest absolute Gasteiger partial charge is 0.228 e. The molecule has 10 heteroatoms. The molecule has 0 amide bonds. The van der Waals surface area contributed by atoms with Crippen LogP contribution in [0.3, 0.4) is 0 Å². The summed E-state index contributed by atoms with van der Waals surface area (Å²) in [5, 5.41) is 11.3. The predicted molar refractivity (Wildman–Crippen MR) is 97.1 cm³/mol. The van der Waals surface area contributed by atoms with Crippen molar-refractivity contribution in [2.24, 2.45) is 0 Å². The van der Waals surface area contributed by atoms with Crippen molar-refractivity contribution in [2.45, 2.75) is 13.5 Å². The highest BCUT2D eigenvalue weighted by Crippen LogP contribution is 2.31. The molecular formula is C16H12Cl2N6O2. The number of pyridine rings is 1. The molecule has 3 aromatic heterocycles. The highest BCUT2D eigenvalue weighted by atomic mass is 35.5. The predicted octanol–water partition coefficient (Wildman–Crippen LogP) is 3.78. The van der Waals surface area contributed by atoms with Crippen LogP contribution in [-0.4, -0.2) is 25.4 Å². The molecule has 0 saturated heterocycles. The summed E-state index contributed by atoms with van der Waals surface area (Å²) in [6.45, 7) is 1.96. The molecule has 3 heterocycles. The number of hydrogen-bond acceptors (Lipinski definition) is 7. The van der Waals surface area contributed by atoms with Gasteiger partial charge in [-0.2, -0.15) is 0 Å². The van der Waals surface area contributed by atoms with E-state index in [9.17, 15) is 0 Å². The second kappa shape index (κ2) is 6.47. The maximum Gasteiger partial charge on any atom is 0.228 e. The molecule has 4 aromatic rings. The number of nitrogen functional groups attached to an aromatic ring is 1. The van der Waals surface area contributed by atoms with E-state index in [1.807, 2.05) is 0 Å². The number of aromatic amines is 1. The van der Waals surface area contributed by atoms with Gasteiger partial charge >= 0.3 is 0 Å². The molecule has 3 N–H and O–H groups in total. The summed E-state index contributed by atoms with van der Waals surface area (Å²) in [6, 6.07) is 6.69. The van der Waals surface area contributed by atoms with Crippen molar-refractivity contribution in [3.63, 3.8) is 0 Å². The van der Waals surface area contributed by atoms with Crippen LogP contribution < -0.4 is 10.5 Å². The molecule has 0 aliphatic heterocycles. The van der Waals surface area contributed by atoms with Crippen LogP contribution in [0.1, 0.15) is 11.5 Å². The van der Waals surface area contributed by atoms with Gasteiger partial charge < -0.3 is 14.9 Å². The molecule has 0 aliphatic rings. The molecule has 1 aromatic carbocycles. The Bertz CT molecular complexity index is 1110. The number of nitrogens with zero attached hydrogens (tertiary/aromatic N) is 4. The molecular weight excluding hydrogens is 379 g/mol. The Morgan fingerprint density at radius 2 is 2.08 bits per heavy atom. The number of rotatable bonds is 4. The highest BCUT2D eigenvalue weighted by Gasteiger charge is 2.16. The number of fused-ring (bicyclic) bond motifs is 1. The minimum atomic E-state index is 0.159. The number of aromatic nitrogens is 5. The third-order valence-corrected chi connectivity index (χ3v) is 4.25. The summed E-state index contributed by atoms with van der Waals surface area (Å²) < 4.78 is 11.5. The van der Waals surface area contributed by atoms with Gasteiger partial charge in [0, 0.05) is 11.1 Å². The minimum Gasteiger partial charge on any atom is -0.485 e. The van der Waals surface area contributed by atoms with Crippen molar-refractivity contribution in [2.75, 3.05) is 5.73 Å². The van der Waals surface area contributed by atoms with Crippen LogP contribution in [0.5, 0.6) is 5.75 Å². The number of nitrogens with two attached hydrogens (primary N) is 1. The van der Waals surface area contributed by atoms with E-state index in [0.29, 0.717) is 55.7 Å². The van der Waals surface area contributed by atoms with Crippen LogP contribution in [0.25, 0.3) is 22.6 Å². The zero-order chi connectivity index (χ0) is 18.3. The number of ether oxygens (including phenoxy) is 1. The van der Waals surface area contributed by atoms with Crippen LogP contribution in [0.4, 0.5) is 5.82 Å². The minimum absolute atomic E-state index is 0.159. The maximum absolute atomic E-state index is 6.21. The number of oxazole rings is 1. The van der Waals surface area contributed by atoms with Crippen molar-refractivity contribution >= 4 is 40.2 Å². The average molecular weight is 391 g/mol. The summed E-state index contributed by atoms with van der Waals surface area (Å²) in [5.41, 5.74) is 7.98. The number of hydrogen-bond donors (Lipinski definition) is 2. The first-order chi connectivity index (χ1) is 12.5. The third kappa shape index (κ3) is 3.04. The standard InChI is InChI=1S/C16H12Cl2N6O2/c1-7-11(20-16(26-7)9-3-2-8(17)4-10(9)18)6-25-12-5-13(19)21-15-14(12)22-24-23-15/h2-5H,6H2,1H3,(H3,19,21,22,23,24). The first kappa shape index (κ1) is 16.6. The van der Waals surface area contributed by atoms with Crippen molar-refractivity contribution in [1.29, 1.82) is 0 Å². The fourth-order valence-corrected chi connectivity index (χ4v) is 2.92. The molecule has 0 saturated carbocycles. The molecule has 0 aliphatic carbocycles. The topological polar surface area (TPSA) is 116 Å². The van der Waals surface area contributed by atoms with E-state index in [0.717, 1.165) is 0 Å². The zero-order valence-corrected chi connectivity index (χ0v) is 15.0. The summed E-state index contributed by atoms with van der Waals surface area (Å²) in [6.07, 6.45) is 0. The molecule has 132 valence electrons. The lowest BCUT2D eigenvalue weighted by Crippen LogP contribution is -2.00. The quantitative estimate of drug-likeness (QED) is 0.544. The number of halogens is 2. The van der Waals surface area contributed by atoms with Gasteiger partial charge in [-0.3, -0.25) is 0 Å². The molecule has 0 radical (unpaired) electrons. The van der Waals surface area contributed by atoms with Crippen molar-refractivity contribution in [1.82, 2.24) is 25.4 Å². The van der Waals surface area contributed by atoms with Gasteiger partial charge in [-0.05, 0) is 25.1 Å². The molecule has 0 atom stereocenters. The molecule has 4 rings (SSSR count). The SMILES string of the molecule is Cc1oc(-c2ccc(Cl)cc2Cl)nc1COc1cc(N)nc2[nH]nnc12. The van der Waals surface area contributed by atoms with Crippen molar-refractivity contribution < 1.29 is 9.15 Å². The zero-order valence-electron chi connectivity index (χ0n) is 13.5. The monoisotopic (exact) mass is 390 g/mol. The van der Waals surface area contributed by atoms with Crippen LogP contribution in [0.15, 0.2) is 28.7 Å². The number of benzene rings is 1.